The van der Waals surface area contributed by atoms with Gasteiger partial charge >= 0.3 is 0 Å². The van der Waals surface area contributed by atoms with Gasteiger partial charge in [-0.05, 0) is 44.7 Å². The maximum Gasteiger partial charge on any atom is 0.274 e. The molecular weight excluding hydrogens is 380 g/mol. The van der Waals surface area contributed by atoms with E-state index in [1.54, 1.807) is 6.33 Å². The van der Waals surface area contributed by atoms with Crippen molar-refractivity contribution in [3.63, 3.8) is 0 Å². The number of para-hydroxylation sites is 1. The third-order valence-electron chi connectivity index (χ3n) is 6.45. The molecule has 7 heteroatoms. The molecule has 7 nitrogen and oxygen atoms in total. The van der Waals surface area contributed by atoms with Crippen molar-refractivity contribution in [1.82, 2.24) is 14.5 Å². The Bertz CT molecular complexity index is 956. The minimum Gasteiger partial charge on any atom is -0.491 e. The van der Waals surface area contributed by atoms with E-state index in [1.807, 2.05) is 46.0 Å². The topological polar surface area (TPSA) is 69.0 Å². The highest BCUT2D eigenvalue weighted by atomic mass is 16.7. The van der Waals surface area contributed by atoms with Crippen LogP contribution in [0.2, 0.25) is 0 Å². The summed E-state index contributed by atoms with van der Waals surface area (Å²) in [4.78, 5) is 24.7. The number of hydrogen-bond acceptors (Lipinski definition) is 5. The summed E-state index contributed by atoms with van der Waals surface area (Å²) in [6.45, 7) is 8.28. The molecular formula is C23H28N4O3. The first-order valence-corrected chi connectivity index (χ1v) is 10.7. The van der Waals surface area contributed by atoms with Crippen LogP contribution in [0.5, 0.6) is 5.75 Å². The largest absolute Gasteiger partial charge is 0.491 e. The number of imidazole rings is 1. The van der Waals surface area contributed by atoms with Crippen molar-refractivity contribution >= 4 is 11.6 Å². The van der Waals surface area contributed by atoms with Crippen molar-refractivity contribution in [3.8, 4) is 5.75 Å². The molecule has 0 radical (unpaired) electrons. The number of carbonyl (C=O) groups excluding carboxylic acids is 1. The summed E-state index contributed by atoms with van der Waals surface area (Å²) in [5, 5.41) is 4.31. The standard InChI is InChI=1S/C23H28N4O3/c1-15(13-29-16-7-5-4-6-8-16)27-12-20(24-14-27)22(28)26-10-17-18(11-26)21(17)19-9-23(2,3)30-25-19/h4-8,12,14-15,17-18,21H,9-11,13H2,1-3H3/t15-,17?,18?,21?/m0/s1. The van der Waals surface area contributed by atoms with Crippen LogP contribution in [0.1, 0.15) is 43.7 Å². The average Bonchev–Trinajstić information content (AvgIpc) is 3.17. The molecule has 2 aliphatic heterocycles. The quantitative estimate of drug-likeness (QED) is 0.735. The molecule has 1 saturated heterocycles. The van der Waals surface area contributed by atoms with Crippen molar-refractivity contribution in [1.29, 1.82) is 0 Å². The molecule has 2 aromatic rings. The second-order valence-corrected chi connectivity index (χ2v) is 9.35. The highest BCUT2D eigenvalue weighted by Gasteiger charge is 2.60. The summed E-state index contributed by atoms with van der Waals surface area (Å²) in [5.74, 6) is 2.38. The number of benzene rings is 1. The van der Waals surface area contributed by atoms with E-state index in [2.05, 4.69) is 30.9 Å². The Kier molecular flexibility index (Phi) is 4.56. The number of rotatable bonds is 6. The second-order valence-electron chi connectivity index (χ2n) is 9.35. The van der Waals surface area contributed by atoms with Crippen LogP contribution < -0.4 is 4.74 Å². The zero-order valence-corrected chi connectivity index (χ0v) is 17.7. The number of oxime groups is 1. The van der Waals surface area contributed by atoms with Gasteiger partial charge in [0.05, 0.1) is 18.1 Å². The van der Waals surface area contributed by atoms with Crippen LogP contribution in [0.3, 0.4) is 0 Å². The molecule has 2 fully saturated rings. The molecule has 1 amide bonds. The van der Waals surface area contributed by atoms with E-state index < -0.39 is 0 Å². The summed E-state index contributed by atoms with van der Waals surface area (Å²) >= 11 is 0. The molecule has 3 heterocycles. The SMILES string of the molecule is C[C@@H](COc1ccccc1)n1cnc(C(=O)N2CC3C(C2)C3C2=NOC(C)(C)C2)c1. The van der Waals surface area contributed by atoms with Crippen LogP contribution in [0.25, 0.3) is 0 Å². The number of ether oxygens (including phenoxy) is 1. The molecule has 0 bridgehead atoms. The Morgan fingerprint density at radius 2 is 2.00 bits per heavy atom. The second kappa shape index (κ2) is 7.15. The fraction of sp³-hybridized carbons (Fsp3) is 0.522. The summed E-state index contributed by atoms with van der Waals surface area (Å²) in [6.07, 6.45) is 4.45. The van der Waals surface area contributed by atoms with Crippen molar-refractivity contribution in [2.45, 2.75) is 38.8 Å². The predicted octanol–water partition coefficient (Wildman–Crippen LogP) is 3.40. The van der Waals surface area contributed by atoms with Crippen LogP contribution in [0, 0.1) is 17.8 Å². The van der Waals surface area contributed by atoms with Gasteiger partial charge in [0.25, 0.3) is 5.91 Å². The molecule has 1 aliphatic carbocycles. The number of fused-ring (bicyclic) bond motifs is 1. The van der Waals surface area contributed by atoms with Crippen molar-refractivity contribution in [2.24, 2.45) is 22.9 Å². The third kappa shape index (κ3) is 3.57. The molecule has 1 saturated carbocycles. The average molecular weight is 409 g/mol. The first-order chi connectivity index (χ1) is 14.4. The lowest BCUT2D eigenvalue weighted by Crippen LogP contribution is -2.33. The summed E-state index contributed by atoms with van der Waals surface area (Å²) in [6, 6.07) is 9.82. The van der Waals surface area contributed by atoms with Crippen LogP contribution in [-0.4, -0.2) is 51.4 Å². The third-order valence-corrected chi connectivity index (χ3v) is 6.45. The van der Waals surface area contributed by atoms with Gasteiger partial charge in [0.2, 0.25) is 0 Å². The molecule has 158 valence electrons. The van der Waals surface area contributed by atoms with E-state index in [0.29, 0.717) is 30.1 Å². The van der Waals surface area contributed by atoms with Gasteiger partial charge in [0.15, 0.2) is 0 Å². The van der Waals surface area contributed by atoms with E-state index >= 15 is 0 Å². The van der Waals surface area contributed by atoms with Crippen LogP contribution >= 0.6 is 0 Å². The van der Waals surface area contributed by atoms with Gasteiger partial charge < -0.3 is 19.0 Å². The molecule has 3 atom stereocenters. The lowest BCUT2D eigenvalue weighted by molar-refractivity contribution is 0.0123. The van der Waals surface area contributed by atoms with Crippen LogP contribution in [-0.2, 0) is 4.84 Å². The molecule has 1 aromatic carbocycles. The number of amides is 1. The van der Waals surface area contributed by atoms with Gasteiger partial charge in [-0.25, -0.2) is 4.98 Å². The first kappa shape index (κ1) is 19.2. The Morgan fingerprint density at radius 1 is 1.27 bits per heavy atom. The summed E-state index contributed by atoms with van der Waals surface area (Å²) < 4.78 is 7.77. The maximum absolute atomic E-state index is 12.9. The van der Waals surface area contributed by atoms with Crippen molar-refractivity contribution in [2.75, 3.05) is 19.7 Å². The van der Waals surface area contributed by atoms with E-state index in [-0.39, 0.29) is 17.6 Å². The number of likely N-dealkylation sites (tertiary alicyclic amines) is 1. The summed E-state index contributed by atoms with van der Waals surface area (Å²) in [5.41, 5.74) is 1.50. The van der Waals surface area contributed by atoms with Crippen LogP contribution in [0.15, 0.2) is 48.0 Å². The predicted molar refractivity (Wildman–Crippen MR) is 112 cm³/mol. The minimum atomic E-state index is -0.185. The van der Waals surface area contributed by atoms with Crippen molar-refractivity contribution < 1.29 is 14.4 Å². The van der Waals surface area contributed by atoms with E-state index in [4.69, 9.17) is 9.57 Å². The molecule has 3 aliphatic rings. The maximum atomic E-state index is 12.9. The van der Waals surface area contributed by atoms with E-state index in [9.17, 15) is 4.79 Å². The first-order valence-electron chi connectivity index (χ1n) is 10.7. The van der Waals surface area contributed by atoms with Gasteiger partial charge in [-0.1, -0.05) is 23.4 Å². The number of aromatic nitrogens is 2. The van der Waals surface area contributed by atoms with E-state index in [0.717, 1.165) is 25.3 Å². The number of nitrogens with zero attached hydrogens (tertiary/aromatic N) is 4. The van der Waals surface area contributed by atoms with Gasteiger partial charge in [-0.2, -0.15) is 0 Å². The summed E-state index contributed by atoms with van der Waals surface area (Å²) in [7, 11) is 0. The molecule has 2 unspecified atom stereocenters. The van der Waals surface area contributed by atoms with Gasteiger partial charge in [-0.15, -0.1) is 0 Å². The van der Waals surface area contributed by atoms with Crippen LogP contribution in [0.4, 0.5) is 0 Å². The lowest BCUT2D eigenvalue weighted by atomic mass is 9.98. The Balaban J connectivity index is 1.14. The van der Waals surface area contributed by atoms with Crippen molar-refractivity contribution in [3.05, 3.63) is 48.5 Å². The zero-order chi connectivity index (χ0) is 20.9. The normalized spacial score (nSPS) is 27.2. The van der Waals surface area contributed by atoms with E-state index in [1.165, 1.54) is 5.71 Å². The Hall–Kier alpha value is -2.83. The highest BCUT2D eigenvalue weighted by molar-refractivity contribution is 5.94. The highest BCUT2D eigenvalue weighted by Crippen LogP contribution is 2.54. The molecule has 0 spiro atoms. The molecule has 5 rings (SSSR count). The van der Waals surface area contributed by atoms with Gasteiger partial charge in [0, 0.05) is 31.6 Å². The van der Waals surface area contributed by atoms with Gasteiger partial charge in [0.1, 0.15) is 23.7 Å². The fourth-order valence-electron chi connectivity index (χ4n) is 4.72. The fourth-order valence-corrected chi connectivity index (χ4v) is 4.72. The smallest absolute Gasteiger partial charge is 0.274 e. The monoisotopic (exact) mass is 408 g/mol. The number of piperidine rings is 1. The lowest BCUT2D eigenvalue weighted by Gasteiger charge is -2.19. The molecule has 0 N–H and O–H groups in total. The minimum absolute atomic E-state index is 0.0146. The Labute approximate surface area is 176 Å². The zero-order valence-electron chi connectivity index (χ0n) is 17.7. The number of hydrogen-bond donors (Lipinski definition) is 0. The molecule has 1 aromatic heterocycles. The molecule has 30 heavy (non-hydrogen) atoms. The number of carbonyl (C=O) groups is 1. The van der Waals surface area contributed by atoms with Gasteiger partial charge in [-0.3, -0.25) is 4.79 Å². The Morgan fingerprint density at radius 3 is 2.67 bits per heavy atom.